The standard InChI is InChI=1S/C18H26N2O/c1-14-6-8-15(9-7-14)10-19-18(21)13-20-11-16-4-2-3-5-17(16)12-20/h6-9,16-17H,2-5,10-13H2,1H3,(H,19,21). The molecule has 1 aliphatic heterocycles. The Morgan fingerprint density at radius 2 is 1.76 bits per heavy atom. The van der Waals surface area contributed by atoms with Gasteiger partial charge in [-0.15, -0.1) is 0 Å². The molecule has 1 heterocycles. The molecule has 1 aliphatic carbocycles. The predicted octanol–water partition coefficient (Wildman–Crippen LogP) is 2.73. The van der Waals surface area contributed by atoms with E-state index in [1.807, 2.05) is 0 Å². The van der Waals surface area contributed by atoms with Crippen molar-refractivity contribution >= 4 is 5.91 Å². The largest absolute Gasteiger partial charge is 0.351 e. The van der Waals surface area contributed by atoms with Crippen LogP contribution in [0.1, 0.15) is 36.8 Å². The molecule has 1 amide bonds. The number of nitrogens with zero attached hydrogens (tertiary/aromatic N) is 1. The molecule has 0 bridgehead atoms. The van der Waals surface area contributed by atoms with Crippen molar-refractivity contribution in [1.82, 2.24) is 10.2 Å². The van der Waals surface area contributed by atoms with E-state index in [2.05, 4.69) is 41.4 Å². The fraction of sp³-hybridized carbons (Fsp3) is 0.611. The van der Waals surface area contributed by atoms with Crippen LogP contribution in [0.25, 0.3) is 0 Å². The van der Waals surface area contributed by atoms with E-state index in [1.54, 1.807) is 0 Å². The summed E-state index contributed by atoms with van der Waals surface area (Å²) in [4.78, 5) is 14.4. The molecule has 2 unspecified atom stereocenters. The highest BCUT2D eigenvalue weighted by Crippen LogP contribution is 2.35. The van der Waals surface area contributed by atoms with Gasteiger partial charge in [0.25, 0.3) is 0 Å². The van der Waals surface area contributed by atoms with E-state index in [4.69, 9.17) is 0 Å². The smallest absolute Gasteiger partial charge is 0.234 e. The maximum atomic E-state index is 12.1. The van der Waals surface area contributed by atoms with Gasteiger partial charge in [-0.05, 0) is 37.2 Å². The lowest BCUT2D eigenvalue weighted by molar-refractivity contribution is -0.122. The molecule has 1 N–H and O–H groups in total. The predicted molar refractivity (Wildman–Crippen MR) is 84.9 cm³/mol. The lowest BCUT2D eigenvalue weighted by Gasteiger charge is -2.23. The van der Waals surface area contributed by atoms with Gasteiger partial charge in [-0.3, -0.25) is 9.69 Å². The van der Waals surface area contributed by atoms with Gasteiger partial charge in [0.1, 0.15) is 0 Å². The van der Waals surface area contributed by atoms with Crippen molar-refractivity contribution in [3.8, 4) is 0 Å². The molecule has 2 fully saturated rings. The van der Waals surface area contributed by atoms with E-state index in [0.717, 1.165) is 24.9 Å². The number of likely N-dealkylation sites (tertiary alicyclic amines) is 1. The van der Waals surface area contributed by atoms with Gasteiger partial charge >= 0.3 is 0 Å². The topological polar surface area (TPSA) is 32.3 Å². The van der Waals surface area contributed by atoms with Crippen LogP contribution in [0.15, 0.2) is 24.3 Å². The van der Waals surface area contributed by atoms with Gasteiger partial charge in [0.2, 0.25) is 5.91 Å². The Labute approximate surface area is 127 Å². The van der Waals surface area contributed by atoms with Gasteiger partial charge in [-0.2, -0.15) is 0 Å². The zero-order valence-corrected chi connectivity index (χ0v) is 13.0. The second-order valence-electron chi connectivity index (χ2n) is 6.76. The summed E-state index contributed by atoms with van der Waals surface area (Å²) in [7, 11) is 0. The molecule has 0 aromatic heterocycles. The quantitative estimate of drug-likeness (QED) is 0.923. The van der Waals surface area contributed by atoms with Gasteiger partial charge in [0.15, 0.2) is 0 Å². The van der Waals surface area contributed by atoms with E-state index >= 15 is 0 Å². The molecule has 1 saturated heterocycles. The van der Waals surface area contributed by atoms with Crippen molar-refractivity contribution in [2.24, 2.45) is 11.8 Å². The van der Waals surface area contributed by atoms with Crippen LogP contribution in [0, 0.1) is 18.8 Å². The molecule has 0 radical (unpaired) electrons. The molecule has 1 aromatic carbocycles. The van der Waals surface area contributed by atoms with Crippen molar-refractivity contribution in [1.29, 1.82) is 0 Å². The Morgan fingerprint density at radius 1 is 1.14 bits per heavy atom. The number of carbonyl (C=O) groups excluding carboxylic acids is 1. The molecule has 114 valence electrons. The Kier molecular flexibility index (Phi) is 4.59. The fourth-order valence-electron chi connectivity index (χ4n) is 3.80. The van der Waals surface area contributed by atoms with Crippen molar-refractivity contribution in [3.05, 3.63) is 35.4 Å². The molecular weight excluding hydrogens is 260 g/mol. The molecule has 0 spiro atoms. The first-order valence-corrected chi connectivity index (χ1v) is 8.25. The van der Waals surface area contributed by atoms with Crippen LogP contribution in [0.3, 0.4) is 0 Å². The Bertz CT molecular complexity index is 468. The lowest BCUT2D eigenvalue weighted by atomic mass is 9.82. The van der Waals surface area contributed by atoms with E-state index < -0.39 is 0 Å². The first-order chi connectivity index (χ1) is 10.2. The van der Waals surface area contributed by atoms with Gasteiger partial charge in [0.05, 0.1) is 6.54 Å². The average Bonchev–Trinajstić information content (AvgIpc) is 2.88. The number of nitrogens with one attached hydrogen (secondary N) is 1. The molecule has 2 atom stereocenters. The van der Waals surface area contributed by atoms with Crippen LogP contribution in [0.2, 0.25) is 0 Å². The number of fused-ring (bicyclic) bond motifs is 1. The maximum Gasteiger partial charge on any atom is 0.234 e. The van der Waals surface area contributed by atoms with E-state index in [1.165, 1.54) is 36.8 Å². The van der Waals surface area contributed by atoms with Crippen molar-refractivity contribution < 1.29 is 4.79 Å². The minimum Gasteiger partial charge on any atom is -0.351 e. The maximum absolute atomic E-state index is 12.1. The highest BCUT2D eigenvalue weighted by atomic mass is 16.2. The zero-order chi connectivity index (χ0) is 14.7. The van der Waals surface area contributed by atoms with Crippen LogP contribution in [0.4, 0.5) is 0 Å². The minimum atomic E-state index is 0.161. The summed E-state index contributed by atoms with van der Waals surface area (Å²) in [5.74, 6) is 1.86. The van der Waals surface area contributed by atoms with Crippen molar-refractivity contribution in [2.45, 2.75) is 39.2 Å². The number of hydrogen-bond acceptors (Lipinski definition) is 2. The number of carbonyl (C=O) groups is 1. The fourth-order valence-corrected chi connectivity index (χ4v) is 3.80. The van der Waals surface area contributed by atoms with E-state index in [9.17, 15) is 4.79 Å². The van der Waals surface area contributed by atoms with Gasteiger partial charge < -0.3 is 5.32 Å². The molecule has 3 heteroatoms. The zero-order valence-electron chi connectivity index (χ0n) is 13.0. The Balaban J connectivity index is 1.43. The molecule has 3 rings (SSSR count). The number of rotatable bonds is 4. The summed E-state index contributed by atoms with van der Waals surface area (Å²) in [5.41, 5.74) is 2.42. The Morgan fingerprint density at radius 3 is 2.38 bits per heavy atom. The number of aryl methyl sites for hydroxylation is 1. The average molecular weight is 286 g/mol. The molecule has 3 nitrogen and oxygen atoms in total. The lowest BCUT2D eigenvalue weighted by Crippen LogP contribution is -2.35. The molecular formula is C18H26N2O. The normalized spacial score (nSPS) is 25.6. The third-order valence-corrected chi connectivity index (χ3v) is 5.03. The van der Waals surface area contributed by atoms with Gasteiger partial charge in [0, 0.05) is 19.6 Å². The monoisotopic (exact) mass is 286 g/mol. The van der Waals surface area contributed by atoms with E-state index in [0.29, 0.717) is 13.1 Å². The summed E-state index contributed by atoms with van der Waals surface area (Å²) in [6, 6.07) is 8.35. The third kappa shape index (κ3) is 3.85. The highest BCUT2D eigenvalue weighted by molar-refractivity contribution is 5.78. The van der Waals surface area contributed by atoms with Gasteiger partial charge in [-0.25, -0.2) is 0 Å². The highest BCUT2D eigenvalue weighted by Gasteiger charge is 2.34. The number of benzene rings is 1. The molecule has 2 aliphatic rings. The van der Waals surface area contributed by atoms with Crippen LogP contribution in [-0.2, 0) is 11.3 Å². The number of hydrogen-bond donors (Lipinski definition) is 1. The van der Waals surface area contributed by atoms with Crippen LogP contribution in [-0.4, -0.2) is 30.4 Å². The second kappa shape index (κ2) is 6.61. The molecule has 1 saturated carbocycles. The third-order valence-electron chi connectivity index (χ3n) is 5.03. The first-order valence-electron chi connectivity index (χ1n) is 8.25. The van der Waals surface area contributed by atoms with E-state index in [-0.39, 0.29) is 5.91 Å². The molecule has 1 aromatic rings. The van der Waals surface area contributed by atoms with Crippen LogP contribution >= 0.6 is 0 Å². The minimum absolute atomic E-state index is 0.161. The number of amides is 1. The van der Waals surface area contributed by atoms with Crippen molar-refractivity contribution in [3.63, 3.8) is 0 Å². The van der Waals surface area contributed by atoms with Crippen LogP contribution < -0.4 is 5.32 Å². The first kappa shape index (κ1) is 14.6. The summed E-state index contributed by atoms with van der Waals surface area (Å²) in [6.07, 6.45) is 5.50. The Hall–Kier alpha value is -1.35. The summed E-state index contributed by atoms with van der Waals surface area (Å²) in [6.45, 7) is 5.54. The molecule has 21 heavy (non-hydrogen) atoms. The SMILES string of the molecule is Cc1ccc(CNC(=O)CN2CC3CCCCC3C2)cc1. The summed E-state index contributed by atoms with van der Waals surface area (Å²) in [5, 5.41) is 3.05. The van der Waals surface area contributed by atoms with Crippen LogP contribution in [0.5, 0.6) is 0 Å². The van der Waals surface area contributed by atoms with Gasteiger partial charge in [-0.1, -0.05) is 42.7 Å². The summed E-state index contributed by atoms with van der Waals surface area (Å²) >= 11 is 0. The van der Waals surface area contributed by atoms with Crippen molar-refractivity contribution in [2.75, 3.05) is 19.6 Å². The summed E-state index contributed by atoms with van der Waals surface area (Å²) < 4.78 is 0. The second-order valence-corrected chi connectivity index (χ2v) is 6.76.